The number of benzene rings is 1. The predicted molar refractivity (Wildman–Crippen MR) is 154 cm³/mol. The van der Waals surface area contributed by atoms with Crippen LogP contribution in [0.3, 0.4) is 0 Å². The van der Waals surface area contributed by atoms with Crippen molar-refractivity contribution in [3.05, 3.63) is 59.9 Å². The highest BCUT2D eigenvalue weighted by molar-refractivity contribution is 5.71. The molecule has 1 aromatic carbocycles. The Morgan fingerprint density at radius 2 is 1.87 bits per heavy atom. The average Bonchev–Trinajstić information content (AvgIpc) is 3.08. The summed E-state index contributed by atoms with van der Waals surface area (Å²) in [4.78, 5) is 19.6. The summed E-state index contributed by atoms with van der Waals surface area (Å²) in [6, 6.07) is 14.9. The quantitative estimate of drug-likeness (QED) is 0.478. The third kappa shape index (κ3) is 5.06. The fourth-order valence-electron chi connectivity index (χ4n) is 6.03. The lowest BCUT2D eigenvalue weighted by molar-refractivity contribution is -0.0893. The molecule has 2 N–H and O–H groups in total. The summed E-state index contributed by atoms with van der Waals surface area (Å²) in [7, 11) is 1.94. The molecule has 2 aromatic heterocycles. The summed E-state index contributed by atoms with van der Waals surface area (Å²) in [5, 5.41) is 6.65. The van der Waals surface area contributed by atoms with Crippen LogP contribution >= 0.6 is 0 Å². The number of nitrogens with one attached hydrogen (secondary N) is 2. The van der Waals surface area contributed by atoms with Crippen molar-refractivity contribution in [3.8, 4) is 0 Å². The summed E-state index contributed by atoms with van der Waals surface area (Å²) >= 11 is 0. The van der Waals surface area contributed by atoms with Gasteiger partial charge in [-0.05, 0) is 70.1 Å². The standard InChI is InChI=1S/C30H39N7O2/c1-29(2)17-25-30(3,20-39-29)24-19-32-28(35-27(24)37(25)26-8-5-7-22(33-26)18-31-4)34-21-9-11-23(12-10-21)36-13-6-15-38-16-14-36/h5,7-12,19,25,31H,6,13-18,20H2,1-4H3,(H,32,34,35)/t25-,30-/m1/s1. The SMILES string of the molecule is CNCc1cccc(N2c3nc(Nc4ccc(N5CCCOCC5)cc4)ncc3[C@@]3(C)COC(C)(C)C[C@@H]23)n1. The number of aromatic nitrogens is 3. The lowest BCUT2D eigenvalue weighted by Gasteiger charge is -2.46. The third-order valence-corrected chi connectivity index (χ3v) is 8.21. The van der Waals surface area contributed by atoms with Gasteiger partial charge in [-0.2, -0.15) is 4.98 Å². The van der Waals surface area contributed by atoms with Crippen LogP contribution < -0.4 is 20.4 Å². The predicted octanol–water partition coefficient (Wildman–Crippen LogP) is 4.54. The molecule has 0 amide bonds. The Kier molecular flexibility index (Phi) is 6.91. The van der Waals surface area contributed by atoms with E-state index in [0.29, 0.717) is 19.1 Å². The van der Waals surface area contributed by atoms with E-state index in [2.05, 4.69) is 83.7 Å². The van der Waals surface area contributed by atoms with Crippen LogP contribution in [0.15, 0.2) is 48.7 Å². The topological polar surface area (TPSA) is 87.7 Å². The zero-order chi connectivity index (χ0) is 27.0. The van der Waals surface area contributed by atoms with Gasteiger partial charge in [0.25, 0.3) is 0 Å². The molecule has 0 radical (unpaired) electrons. The van der Waals surface area contributed by atoms with E-state index >= 15 is 0 Å². The Morgan fingerprint density at radius 1 is 1.03 bits per heavy atom. The van der Waals surface area contributed by atoms with E-state index in [0.717, 1.165) is 67.7 Å². The second-order valence-electron chi connectivity index (χ2n) is 11.6. The van der Waals surface area contributed by atoms with Gasteiger partial charge in [0.2, 0.25) is 5.95 Å². The first-order chi connectivity index (χ1) is 18.9. The highest BCUT2D eigenvalue weighted by Crippen LogP contribution is 2.52. The highest BCUT2D eigenvalue weighted by atomic mass is 16.5. The molecule has 3 aliphatic heterocycles. The molecule has 2 saturated heterocycles. The van der Waals surface area contributed by atoms with Crippen molar-refractivity contribution in [2.75, 3.05) is 55.1 Å². The molecule has 0 spiro atoms. The van der Waals surface area contributed by atoms with E-state index in [9.17, 15) is 0 Å². The first kappa shape index (κ1) is 26.0. The zero-order valence-electron chi connectivity index (χ0n) is 23.4. The van der Waals surface area contributed by atoms with E-state index in [1.807, 2.05) is 13.2 Å². The molecule has 0 saturated carbocycles. The summed E-state index contributed by atoms with van der Waals surface area (Å²) in [6.07, 6.45) is 3.89. The van der Waals surface area contributed by atoms with Crippen LogP contribution in [-0.2, 0) is 21.4 Å². The zero-order valence-corrected chi connectivity index (χ0v) is 23.4. The fraction of sp³-hybridized carbons (Fsp3) is 0.500. The molecular formula is C30H39N7O2. The van der Waals surface area contributed by atoms with Crippen LogP contribution in [0.5, 0.6) is 0 Å². The van der Waals surface area contributed by atoms with Crippen molar-refractivity contribution in [1.29, 1.82) is 0 Å². The van der Waals surface area contributed by atoms with E-state index in [4.69, 9.17) is 24.4 Å². The molecule has 3 aliphatic rings. The largest absolute Gasteiger partial charge is 0.380 e. The van der Waals surface area contributed by atoms with Crippen molar-refractivity contribution in [3.63, 3.8) is 0 Å². The Morgan fingerprint density at radius 3 is 2.69 bits per heavy atom. The average molecular weight is 530 g/mol. The fourth-order valence-corrected chi connectivity index (χ4v) is 6.03. The Bertz CT molecular complexity index is 1310. The first-order valence-corrected chi connectivity index (χ1v) is 14.0. The molecule has 0 unspecified atom stereocenters. The minimum Gasteiger partial charge on any atom is -0.380 e. The molecular weight excluding hydrogens is 490 g/mol. The number of hydrogen-bond donors (Lipinski definition) is 2. The second-order valence-corrected chi connectivity index (χ2v) is 11.6. The number of pyridine rings is 1. The van der Waals surface area contributed by atoms with E-state index < -0.39 is 0 Å². The van der Waals surface area contributed by atoms with Gasteiger partial charge in [0.15, 0.2) is 0 Å². The van der Waals surface area contributed by atoms with Crippen molar-refractivity contribution < 1.29 is 9.47 Å². The smallest absolute Gasteiger partial charge is 0.229 e. The summed E-state index contributed by atoms with van der Waals surface area (Å²) in [5.41, 5.74) is 3.80. The minimum absolute atomic E-state index is 0.162. The molecule has 6 rings (SSSR count). The second kappa shape index (κ2) is 10.4. The van der Waals surface area contributed by atoms with Gasteiger partial charge in [0, 0.05) is 54.8 Å². The van der Waals surface area contributed by atoms with Gasteiger partial charge in [-0.25, -0.2) is 9.97 Å². The summed E-state index contributed by atoms with van der Waals surface area (Å²) in [5.74, 6) is 2.38. The van der Waals surface area contributed by atoms with E-state index in [1.54, 1.807) is 0 Å². The van der Waals surface area contributed by atoms with Crippen LogP contribution in [0.1, 0.15) is 44.9 Å². The van der Waals surface area contributed by atoms with Crippen LogP contribution in [0.25, 0.3) is 0 Å². The third-order valence-electron chi connectivity index (χ3n) is 8.21. The molecule has 0 aliphatic carbocycles. The van der Waals surface area contributed by atoms with E-state index in [1.165, 1.54) is 5.69 Å². The maximum absolute atomic E-state index is 6.34. The first-order valence-electron chi connectivity index (χ1n) is 14.0. The van der Waals surface area contributed by atoms with Gasteiger partial charge in [-0.3, -0.25) is 0 Å². The highest BCUT2D eigenvalue weighted by Gasteiger charge is 2.55. The summed E-state index contributed by atoms with van der Waals surface area (Å²) < 4.78 is 11.9. The number of hydrogen-bond acceptors (Lipinski definition) is 9. The lowest BCUT2D eigenvalue weighted by Crippen LogP contribution is -2.54. The van der Waals surface area contributed by atoms with Crippen LogP contribution in [-0.4, -0.2) is 66.6 Å². The normalized spacial score (nSPS) is 24.2. The van der Waals surface area contributed by atoms with Gasteiger partial charge >= 0.3 is 0 Å². The number of fused-ring (bicyclic) bond motifs is 3. The molecule has 0 bridgehead atoms. The van der Waals surface area contributed by atoms with Crippen molar-refractivity contribution >= 4 is 29.0 Å². The molecule has 3 aromatic rings. The molecule has 9 nitrogen and oxygen atoms in total. The summed E-state index contributed by atoms with van der Waals surface area (Å²) in [6.45, 7) is 11.5. The number of rotatable bonds is 6. The number of ether oxygens (including phenoxy) is 2. The molecule has 2 atom stereocenters. The van der Waals surface area contributed by atoms with Crippen LogP contribution in [0.2, 0.25) is 0 Å². The maximum atomic E-state index is 6.34. The molecule has 9 heteroatoms. The minimum atomic E-state index is -0.234. The van der Waals surface area contributed by atoms with Gasteiger partial charge in [0.1, 0.15) is 11.6 Å². The van der Waals surface area contributed by atoms with Crippen molar-refractivity contribution in [2.24, 2.45) is 0 Å². The van der Waals surface area contributed by atoms with Crippen LogP contribution in [0, 0.1) is 0 Å². The van der Waals surface area contributed by atoms with Crippen molar-refractivity contribution in [1.82, 2.24) is 20.3 Å². The van der Waals surface area contributed by atoms with Gasteiger partial charge < -0.3 is 29.9 Å². The van der Waals surface area contributed by atoms with E-state index in [-0.39, 0.29) is 17.1 Å². The Balaban J connectivity index is 1.32. The number of nitrogens with zero attached hydrogens (tertiary/aromatic N) is 5. The molecule has 2 fully saturated rings. The van der Waals surface area contributed by atoms with Crippen LogP contribution in [0.4, 0.5) is 29.0 Å². The number of anilines is 5. The molecule has 5 heterocycles. The molecule has 39 heavy (non-hydrogen) atoms. The lowest BCUT2D eigenvalue weighted by atomic mass is 9.73. The molecule has 206 valence electrons. The van der Waals surface area contributed by atoms with Gasteiger partial charge in [-0.15, -0.1) is 0 Å². The Labute approximate surface area is 231 Å². The van der Waals surface area contributed by atoms with Gasteiger partial charge in [-0.1, -0.05) is 13.0 Å². The Hall–Kier alpha value is -3.27. The maximum Gasteiger partial charge on any atom is 0.229 e. The van der Waals surface area contributed by atoms with Crippen molar-refractivity contribution in [2.45, 2.75) is 57.2 Å². The monoisotopic (exact) mass is 529 g/mol. The van der Waals surface area contributed by atoms with Gasteiger partial charge in [0.05, 0.1) is 30.6 Å².